The van der Waals surface area contributed by atoms with E-state index in [-0.39, 0.29) is 24.0 Å². The number of aliphatic imine (C=N–C) groups is 1. The molecule has 3 atom stereocenters. The monoisotopic (exact) mass is 429 g/mol. The van der Waals surface area contributed by atoms with Gasteiger partial charge in [-0.3, -0.25) is 0 Å². The smallest absolute Gasteiger partial charge is 0.191 e. The number of hydrogen-bond donors (Lipinski definition) is 1. The fourth-order valence-corrected chi connectivity index (χ4v) is 3.31. The summed E-state index contributed by atoms with van der Waals surface area (Å²) in [4.78, 5) is 7.00. The van der Waals surface area contributed by atoms with E-state index in [4.69, 9.17) is 15.5 Å². The standard InChI is InChI=1S/C18H27N3O.HI/c1-3-22-15-8-6-14(7-9-15)16-11-17(16)20-18(19)21-10-4-5-13(2)12-21;/h6-9,13,16-17H,3-5,10-12H2,1-2H3,(H2,19,20);1H/t13?,16-,17+;/m0./s1. The number of likely N-dealkylation sites (tertiary alicyclic amines) is 1. The molecule has 1 saturated carbocycles. The predicted molar refractivity (Wildman–Crippen MR) is 106 cm³/mol. The van der Waals surface area contributed by atoms with E-state index in [9.17, 15) is 0 Å². The molecule has 1 unspecified atom stereocenters. The van der Waals surface area contributed by atoms with Crippen LogP contribution in [0.25, 0.3) is 0 Å². The molecule has 0 bridgehead atoms. The summed E-state index contributed by atoms with van der Waals surface area (Å²) in [5, 5.41) is 0. The zero-order valence-corrected chi connectivity index (χ0v) is 16.4. The van der Waals surface area contributed by atoms with Crippen molar-refractivity contribution in [1.29, 1.82) is 0 Å². The fraction of sp³-hybridized carbons (Fsp3) is 0.611. The Morgan fingerprint density at radius 2 is 2.09 bits per heavy atom. The van der Waals surface area contributed by atoms with Crippen LogP contribution in [0.3, 0.4) is 0 Å². The summed E-state index contributed by atoms with van der Waals surface area (Å²) < 4.78 is 5.49. The van der Waals surface area contributed by atoms with Gasteiger partial charge in [-0.15, -0.1) is 24.0 Å². The molecule has 1 heterocycles. The summed E-state index contributed by atoms with van der Waals surface area (Å²) in [6, 6.07) is 8.77. The number of piperidine rings is 1. The molecule has 128 valence electrons. The lowest BCUT2D eigenvalue weighted by Crippen LogP contribution is -2.43. The molecule has 23 heavy (non-hydrogen) atoms. The molecule has 0 amide bonds. The van der Waals surface area contributed by atoms with E-state index in [1.54, 1.807) is 0 Å². The summed E-state index contributed by atoms with van der Waals surface area (Å²) in [5.74, 6) is 2.93. The van der Waals surface area contributed by atoms with Crippen LogP contribution < -0.4 is 10.5 Å². The molecule has 1 saturated heterocycles. The van der Waals surface area contributed by atoms with Gasteiger partial charge in [0.1, 0.15) is 5.75 Å². The quantitative estimate of drug-likeness (QED) is 0.452. The van der Waals surface area contributed by atoms with Crippen molar-refractivity contribution in [1.82, 2.24) is 4.90 Å². The van der Waals surface area contributed by atoms with Crippen molar-refractivity contribution in [3.8, 4) is 5.75 Å². The second-order valence-electron chi connectivity index (χ2n) is 6.59. The summed E-state index contributed by atoms with van der Waals surface area (Å²) in [6.07, 6.45) is 3.64. The number of guanidine groups is 1. The largest absolute Gasteiger partial charge is 0.494 e. The number of rotatable bonds is 4. The summed E-state index contributed by atoms with van der Waals surface area (Å²) >= 11 is 0. The van der Waals surface area contributed by atoms with Crippen molar-refractivity contribution < 1.29 is 4.74 Å². The Morgan fingerprint density at radius 3 is 2.74 bits per heavy atom. The minimum Gasteiger partial charge on any atom is -0.494 e. The van der Waals surface area contributed by atoms with Gasteiger partial charge in [0.25, 0.3) is 0 Å². The average Bonchev–Trinajstić information content (AvgIpc) is 3.27. The maximum absolute atomic E-state index is 6.21. The highest BCUT2D eigenvalue weighted by molar-refractivity contribution is 14.0. The molecule has 1 aliphatic carbocycles. The van der Waals surface area contributed by atoms with Crippen LogP contribution in [0.2, 0.25) is 0 Å². The highest BCUT2D eigenvalue weighted by Crippen LogP contribution is 2.44. The molecule has 2 fully saturated rings. The SMILES string of the molecule is CCOc1ccc([C@@H]2C[C@H]2N=C(N)N2CCCC(C)C2)cc1.I. The number of nitrogens with two attached hydrogens (primary N) is 1. The lowest BCUT2D eigenvalue weighted by molar-refractivity contribution is 0.270. The van der Waals surface area contributed by atoms with E-state index in [0.717, 1.165) is 37.1 Å². The molecule has 3 rings (SSSR count). The highest BCUT2D eigenvalue weighted by Gasteiger charge is 2.39. The van der Waals surface area contributed by atoms with Gasteiger partial charge in [0.15, 0.2) is 5.96 Å². The summed E-state index contributed by atoms with van der Waals surface area (Å²) in [6.45, 7) is 7.11. The van der Waals surface area contributed by atoms with Gasteiger partial charge in [0.2, 0.25) is 0 Å². The molecular weight excluding hydrogens is 401 g/mol. The van der Waals surface area contributed by atoms with Crippen molar-refractivity contribution in [3.63, 3.8) is 0 Å². The van der Waals surface area contributed by atoms with E-state index in [1.165, 1.54) is 18.4 Å². The zero-order valence-electron chi connectivity index (χ0n) is 14.1. The molecule has 4 nitrogen and oxygen atoms in total. The number of halogens is 1. The Kier molecular flexibility index (Phi) is 6.56. The van der Waals surface area contributed by atoms with Gasteiger partial charge in [-0.05, 0) is 49.8 Å². The van der Waals surface area contributed by atoms with Gasteiger partial charge >= 0.3 is 0 Å². The van der Waals surface area contributed by atoms with Gasteiger partial charge in [0.05, 0.1) is 12.6 Å². The third kappa shape index (κ3) is 4.75. The molecule has 0 radical (unpaired) electrons. The van der Waals surface area contributed by atoms with Crippen LogP contribution in [0.1, 0.15) is 44.6 Å². The second kappa shape index (κ2) is 8.22. The third-order valence-corrected chi connectivity index (χ3v) is 4.66. The maximum atomic E-state index is 6.21. The first-order valence-corrected chi connectivity index (χ1v) is 8.48. The number of hydrogen-bond acceptors (Lipinski definition) is 2. The Bertz CT molecular complexity index is 532. The first-order valence-electron chi connectivity index (χ1n) is 8.48. The van der Waals surface area contributed by atoms with Gasteiger partial charge in [-0.25, -0.2) is 4.99 Å². The average molecular weight is 429 g/mol. The Morgan fingerprint density at radius 1 is 1.35 bits per heavy atom. The number of benzene rings is 1. The van der Waals surface area contributed by atoms with Crippen LogP contribution in [0.4, 0.5) is 0 Å². The third-order valence-electron chi connectivity index (χ3n) is 4.66. The van der Waals surface area contributed by atoms with Crippen LogP contribution in [0.5, 0.6) is 5.75 Å². The lowest BCUT2D eigenvalue weighted by Gasteiger charge is -2.31. The van der Waals surface area contributed by atoms with Crippen LogP contribution in [-0.2, 0) is 0 Å². The van der Waals surface area contributed by atoms with Gasteiger partial charge in [-0.1, -0.05) is 19.1 Å². The van der Waals surface area contributed by atoms with Gasteiger partial charge in [0, 0.05) is 19.0 Å². The normalized spacial score (nSPS) is 27.3. The molecule has 1 aromatic carbocycles. The summed E-state index contributed by atoms with van der Waals surface area (Å²) in [7, 11) is 0. The molecule has 1 aromatic rings. The van der Waals surface area contributed by atoms with Crippen LogP contribution in [0, 0.1) is 5.92 Å². The maximum Gasteiger partial charge on any atom is 0.191 e. The predicted octanol–water partition coefficient (Wildman–Crippen LogP) is 3.61. The van der Waals surface area contributed by atoms with Crippen molar-refractivity contribution in [3.05, 3.63) is 29.8 Å². The molecule has 0 aromatic heterocycles. The molecule has 2 N–H and O–H groups in total. The van der Waals surface area contributed by atoms with E-state index in [2.05, 4.69) is 24.0 Å². The van der Waals surface area contributed by atoms with E-state index < -0.39 is 0 Å². The van der Waals surface area contributed by atoms with E-state index >= 15 is 0 Å². The molecule has 1 aliphatic heterocycles. The highest BCUT2D eigenvalue weighted by atomic mass is 127. The van der Waals surface area contributed by atoms with E-state index in [1.807, 2.05) is 19.1 Å². The summed E-state index contributed by atoms with van der Waals surface area (Å²) in [5.41, 5.74) is 7.56. The van der Waals surface area contributed by atoms with Crippen molar-refractivity contribution in [2.45, 2.75) is 45.1 Å². The number of nitrogens with zero attached hydrogens (tertiary/aromatic N) is 2. The topological polar surface area (TPSA) is 50.9 Å². The van der Waals surface area contributed by atoms with Crippen molar-refractivity contribution in [2.24, 2.45) is 16.6 Å². The zero-order chi connectivity index (χ0) is 15.5. The van der Waals surface area contributed by atoms with Crippen LogP contribution in [-0.4, -0.2) is 36.6 Å². The fourth-order valence-electron chi connectivity index (χ4n) is 3.31. The van der Waals surface area contributed by atoms with Crippen molar-refractivity contribution in [2.75, 3.05) is 19.7 Å². The van der Waals surface area contributed by atoms with Gasteiger partial charge < -0.3 is 15.4 Å². The number of ether oxygens (including phenoxy) is 1. The molecule has 2 aliphatic rings. The van der Waals surface area contributed by atoms with Crippen molar-refractivity contribution >= 4 is 29.9 Å². The Labute approximate surface area is 156 Å². The van der Waals surface area contributed by atoms with Crippen LogP contribution in [0.15, 0.2) is 29.3 Å². The van der Waals surface area contributed by atoms with E-state index in [0.29, 0.717) is 18.6 Å². The van der Waals surface area contributed by atoms with Crippen LogP contribution >= 0.6 is 24.0 Å². The molecule has 0 spiro atoms. The first kappa shape index (κ1) is 18.4. The van der Waals surface area contributed by atoms with Gasteiger partial charge in [-0.2, -0.15) is 0 Å². The Balaban J connectivity index is 0.00000192. The Hall–Kier alpha value is -0.980. The minimum absolute atomic E-state index is 0. The second-order valence-corrected chi connectivity index (χ2v) is 6.59. The molecule has 5 heteroatoms. The molecular formula is C18H28IN3O. The first-order chi connectivity index (χ1) is 10.7. The minimum atomic E-state index is 0. The lowest BCUT2D eigenvalue weighted by atomic mass is 10.0.